The Balaban J connectivity index is 1.51. The van der Waals surface area contributed by atoms with Crippen molar-refractivity contribution < 1.29 is 18.6 Å². The number of phenolic OH excluding ortho intramolecular Hbond substituents is 1. The number of benzene rings is 2. The number of phenols is 1. The third-order valence-electron chi connectivity index (χ3n) is 6.15. The predicted molar refractivity (Wildman–Crippen MR) is 107 cm³/mol. The van der Waals surface area contributed by atoms with Gasteiger partial charge in [0.15, 0.2) is 0 Å². The highest BCUT2D eigenvalue weighted by molar-refractivity contribution is 5.43. The van der Waals surface area contributed by atoms with E-state index in [-0.39, 0.29) is 29.2 Å². The molecule has 156 valence electrons. The Hall–Kier alpha value is -2.22. The first-order valence-corrected chi connectivity index (χ1v) is 10.1. The Labute approximate surface area is 169 Å². The lowest BCUT2D eigenvalue weighted by Gasteiger charge is -2.37. The number of methoxy groups -OCH3 is 1. The highest BCUT2D eigenvalue weighted by Crippen LogP contribution is 2.35. The molecule has 0 aromatic heterocycles. The van der Waals surface area contributed by atoms with Gasteiger partial charge in [-0.1, -0.05) is 12.1 Å². The van der Waals surface area contributed by atoms with Crippen molar-refractivity contribution in [2.24, 2.45) is 5.92 Å². The highest BCUT2D eigenvalue weighted by Gasteiger charge is 2.39. The van der Waals surface area contributed by atoms with Gasteiger partial charge in [-0.05, 0) is 49.6 Å². The molecular formula is C22H27F2N3O2. The minimum absolute atomic E-state index is 0.0598. The molecule has 0 bridgehead atoms. The van der Waals surface area contributed by atoms with Gasteiger partial charge in [0.1, 0.15) is 23.1 Å². The van der Waals surface area contributed by atoms with Crippen LogP contribution in [-0.4, -0.2) is 42.8 Å². The Morgan fingerprint density at radius 2 is 1.93 bits per heavy atom. The van der Waals surface area contributed by atoms with Crippen LogP contribution >= 0.6 is 0 Å². The minimum atomic E-state index is -0.489. The molecule has 2 aliphatic rings. The van der Waals surface area contributed by atoms with Crippen molar-refractivity contribution >= 4 is 0 Å². The maximum atomic E-state index is 14.4. The summed E-state index contributed by atoms with van der Waals surface area (Å²) in [4.78, 5) is 2.28. The van der Waals surface area contributed by atoms with E-state index >= 15 is 0 Å². The normalized spacial score (nSPS) is 25.3. The molecule has 3 atom stereocenters. The molecule has 4 rings (SSSR count). The van der Waals surface area contributed by atoms with Crippen molar-refractivity contribution in [3.63, 3.8) is 0 Å². The smallest absolute Gasteiger partial charge is 0.129 e. The number of halogens is 2. The van der Waals surface area contributed by atoms with Gasteiger partial charge in [-0.3, -0.25) is 15.8 Å². The topological polar surface area (TPSA) is 56.8 Å². The molecule has 0 amide bonds. The zero-order valence-electron chi connectivity index (χ0n) is 16.5. The van der Waals surface area contributed by atoms with Gasteiger partial charge >= 0.3 is 0 Å². The van der Waals surface area contributed by atoms with Crippen LogP contribution in [0.25, 0.3) is 0 Å². The number of hydrazine groups is 1. The molecule has 0 radical (unpaired) electrons. The number of aromatic hydroxyl groups is 1. The van der Waals surface area contributed by atoms with Gasteiger partial charge < -0.3 is 9.84 Å². The maximum absolute atomic E-state index is 14.4. The van der Waals surface area contributed by atoms with Gasteiger partial charge in [0.25, 0.3) is 0 Å². The van der Waals surface area contributed by atoms with E-state index in [9.17, 15) is 13.9 Å². The summed E-state index contributed by atoms with van der Waals surface area (Å²) >= 11 is 0. The van der Waals surface area contributed by atoms with Crippen molar-refractivity contribution in [3.05, 3.63) is 59.2 Å². The van der Waals surface area contributed by atoms with Crippen LogP contribution in [0.1, 0.15) is 29.9 Å². The standard InChI is InChI=1S/C22H27F2N3O2/c1-29-20-9-3-8-19(28)16(20)13-27-10-4-5-14(12-27)22-15(11-25-26-22)21-17(23)6-2-7-18(21)24/h2-3,6-9,14-15,22,25-26,28H,4-5,10-13H2,1H3. The second kappa shape index (κ2) is 8.65. The Kier molecular flexibility index (Phi) is 5.99. The van der Waals surface area contributed by atoms with Crippen LogP contribution in [0.5, 0.6) is 11.5 Å². The van der Waals surface area contributed by atoms with Gasteiger partial charge in [0.2, 0.25) is 0 Å². The van der Waals surface area contributed by atoms with E-state index in [0.29, 0.717) is 18.8 Å². The molecular weight excluding hydrogens is 376 g/mol. The first-order chi connectivity index (χ1) is 14.1. The third-order valence-corrected chi connectivity index (χ3v) is 6.15. The predicted octanol–water partition coefficient (Wildman–Crippen LogP) is 3.15. The van der Waals surface area contributed by atoms with E-state index in [4.69, 9.17) is 4.74 Å². The van der Waals surface area contributed by atoms with E-state index in [2.05, 4.69) is 15.8 Å². The Morgan fingerprint density at radius 3 is 2.69 bits per heavy atom. The number of likely N-dealkylation sites (tertiary alicyclic amines) is 1. The molecule has 3 unspecified atom stereocenters. The minimum Gasteiger partial charge on any atom is -0.507 e. The summed E-state index contributed by atoms with van der Waals surface area (Å²) < 4.78 is 34.2. The number of nitrogens with zero attached hydrogens (tertiary/aromatic N) is 1. The SMILES string of the molecule is COc1cccc(O)c1CN1CCCC(C2NNCC2c2c(F)cccc2F)C1. The quantitative estimate of drug-likeness (QED) is 0.716. The number of ether oxygens (including phenoxy) is 1. The molecule has 0 saturated carbocycles. The number of piperidine rings is 1. The number of nitrogens with one attached hydrogen (secondary N) is 2. The van der Waals surface area contributed by atoms with E-state index in [1.807, 2.05) is 6.07 Å². The number of rotatable bonds is 5. The maximum Gasteiger partial charge on any atom is 0.129 e. The van der Waals surface area contributed by atoms with Crippen LogP contribution in [0, 0.1) is 17.6 Å². The van der Waals surface area contributed by atoms with Crippen molar-refractivity contribution in [2.45, 2.75) is 31.3 Å². The van der Waals surface area contributed by atoms with E-state index in [0.717, 1.165) is 31.5 Å². The van der Waals surface area contributed by atoms with Crippen LogP contribution in [-0.2, 0) is 6.54 Å². The molecule has 0 spiro atoms. The summed E-state index contributed by atoms with van der Waals surface area (Å²) in [5.41, 5.74) is 7.30. The van der Waals surface area contributed by atoms with Gasteiger partial charge in [-0.25, -0.2) is 8.78 Å². The molecule has 2 heterocycles. The number of hydrogen-bond donors (Lipinski definition) is 3. The fourth-order valence-electron chi connectivity index (χ4n) is 4.76. The average Bonchev–Trinajstić information content (AvgIpc) is 3.19. The van der Waals surface area contributed by atoms with Crippen LogP contribution in [0.3, 0.4) is 0 Å². The Morgan fingerprint density at radius 1 is 1.17 bits per heavy atom. The lowest BCUT2D eigenvalue weighted by Crippen LogP contribution is -2.46. The van der Waals surface area contributed by atoms with Crippen LogP contribution in [0.2, 0.25) is 0 Å². The largest absolute Gasteiger partial charge is 0.507 e. The molecule has 5 nitrogen and oxygen atoms in total. The van der Waals surface area contributed by atoms with Gasteiger partial charge in [0, 0.05) is 42.7 Å². The van der Waals surface area contributed by atoms with Gasteiger partial charge in [-0.2, -0.15) is 0 Å². The molecule has 2 aromatic carbocycles. The lowest BCUT2D eigenvalue weighted by molar-refractivity contribution is 0.137. The van der Waals surface area contributed by atoms with E-state index in [1.165, 1.54) is 18.2 Å². The molecule has 7 heteroatoms. The van der Waals surface area contributed by atoms with Crippen LogP contribution in [0.4, 0.5) is 8.78 Å². The molecule has 2 fully saturated rings. The Bertz CT molecular complexity index is 844. The molecule has 3 N–H and O–H groups in total. The highest BCUT2D eigenvalue weighted by atomic mass is 19.1. The van der Waals surface area contributed by atoms with Crippen LogP contribution in [0.15, 0.2) is 36.4 Å². The van der Waals surface area contributed by atoms with Gasteiger partial charge in [-0.15, -0.1) is 0 Å². The number of hydrogen-bond acceptors (Lipinski definition) is 5. The molecule has 2 aromatic rings. The van der Waals surface area contributed by atoms with Crippen molar-refractivity contribution in [2.75, 3.05) is 26.7 Å². The third kappa shape index (κ3) is 4.08. The second-order valence-electron chi connectivity index (χ2n) is 7.89. The lowest BCUT2D eigenvalue weighted by atomic mass is 9.80. The summed E-state index contributed by atoms with van der Waals surface area (Å²) in [6.45, 7) is 2.76. The summed E-state index contributed by atoms with van der Waals surface area (Å²) in [6, 6.07) is 9.26. The summed E-state index contributed by atoms with van der Waals surface area (Å²) in [7, 11) is 1.60. The zero-order chi connectivity index (χ0) is 20.4. The van der Waals surface area contributed by atoms with E-state index < -0.39 is 11.6 Å². The molecule has 2 aliphatic heterocycles. The van der Waals surface area contributed by atoms with Crippen molar-refractivity contribution in [1.82, 2.24) is 15.8 Å². The van der Waals surface area contributed by atoms with Gasteiger partial charge in [0.05, 0.1) is 7.11 Å². The summed E-state index contributed by atoms with van der Waals surface area (Å²) in [6.07, 6.45) is 1.98. The summed E-state index contributed by atoms with van der Waals surface area (Å²) in [5.74, 6) is -0.118. The van der Waals surface area contributed by atoms with E-state index in [1.54, 1.807) is 19.2 Å². The fraction of sp³-hybridized carbons (Fsp3) is 0.455. The van der Waals surface area contributed by atoms with Crippen molar-refractivity contribution in [1.29, 1.82) is 0 Å². The fourth-order valence-corrected chi connectivity index (χ4v) is 4.76. The first kappa shape index (κ1) is 20.1. The average molecular weight is 403 g/mol. The first-order valence-electron chi connectivity index (χ1n) is 10.1. The monoisotopic (exact) mass is 403 g/mol. The zero-order valence-corrected chi connectivity index (χ0v) is 16.5. The molecule has 29 heavy (non-hydrogen) atoms. The summed E-state index contributed by atoms with van der Waals surface area (Å²) in [5, 5.41) is 10.3. The second-order valence-corrected chi connectivity index (χ2v) is 7.89. The van der Waals surface area contributed by atoms with Crippen molar-refractivity contribution in [3.8, 4) is 11.5 Å². The van der Waals surface area contributed by atoms with Crippen LogP contribution < -0.4 is 15.6 Å². The molecule has 0 aliphatic carbocycles. The molecule has 2 saturated heterocycles.